The third kappa shape index (κ3) is 3.67. The molecule has 0 aliphatic heterocycles. The maximum atomic E-state index is 8.44. The normalized spacial score (nSPS) is 10.5. The third-order valence-electron chi connectivity index (χ3n) is 1.36. The molecule has 68 valence electrons. The van der Waals surface area contributed by atoms with Gasteiger partial charge in [0.2, 0.25) is 0 Å². The minimum absolute atomic E-state index is 0.105. The van der Waals surface area contributed by atoms with E-state index in [0.29, 0.717) is 13.2 Å². The van der Waals surface area contributed by atoms with Crippen molar-refractivity contribution in [2.45, 2.75) is 6.42 Å². The molecule has 1 N–H and O–H groups in total. The Kier molecular flexibility index (Phi) is 4.83. The number of rotatable bonds is 5. The average molecular weight is 251 g/mol. The molecule has 0 aliphatic carbocycles. The predicted molar refractivity (Wildman–Crippen MR) is 53.6 cm³/mol. The third-order valence-corrected chi connectivity index (χ3v) is 3.04. The summed E-state index contributed by atoms with van der Waals surface area (Å²) in [4.78, 5) is 1.31. The molecule has 2 nitrogen and oxygen atoms in total. The number of ether oxygens (including phenoxy) is 1. The molecule has 1 aromatic rings. The smallest absolute Gasteiger partial charge is 0.0701 e. The molecule has 4 heteroatoms. The molecule has 1 rings (SSSR count). The summed E-state index contributed by atoms with van der Waals surface area (Å²) >= 11 is 5.11. The highest BCUT2D eigenvalue weighted by atomic mass is 79.9. The Bertz CT molecular complexity index is 225. The fraction of sp³-hybridized carbons (Fsp3) is 0.500. The van der Waals surface area contributed by atoms with Gasteiger partial charge in [-0.25, -0.2) is 0 Å². The van der Waals surface area contributed by atoms with E-state index in [0.717, 1.165) is 10.2 Å². The van der Waals surface area contributed by atoms with Crippen molar-refractivity contribution in [1.82, 2.24) is 0 Å². The molecule has 12 heavy (non-hydrogen) atoms. The van der Waals surface area contributed by atoms with E-state index in [1.165, 1.54) is 4.88 Å². The van der Waals surface area contributed by atoms with Crippen molar-refractivity contribution in [2.24, 2.45) is 0 Å². The van der Waals surface area contributed by atoms with Crippen molar-refractivity contribution < 1.29 is 9.84 Å². The van der Waals surface area contributed by atoms with Gasteiger partial charge in [0, 0.05) is 11.3 Å². The lowest BCUT2D eigenvalue weighted by molar-refractivity contribution is 0.0947. The minimum Gasteiger partial charge on any atom is -0.394 e. The van der Waals surface area contributed by atoms with Crippen LogP contribution in [0.2, 0.25) is 0 Å². The molecular formula is C8H11BrO2S. The molecule has 0 spiro atoms. The molecule has 1 aromatic heterocycles. The van der Waals surface area contributed by atoms with Crippen LogP contribution in [0.4, 0.5) is 0 Å². The van der Waals surface area contributed by atoms with Crippen LogP contribution in [0.3, 0.4) is 0 Å². The minimum atomic E-state index is 0.105. The Labute approximate surface area is 84.3 Å². The maximum absolute atomic E-state index is 8.44. The zero-order chi connectivity index (χ0) is 8.81. The van der Waals surface area contributed by atoms with Crippen LogP contribution in [0.1, 0.15) is 4.88 Å². The average Bonchev–Trinajstić information content (AvgIpc) is 2.45. The summed E-state index contributed by atoms with van der Waals surface area (Å²) in [6.45, 7) is 1.23. The topological polar surface area (TPSA) is 29.5 Å². The molecule has 0 saturated carbocycles. The van der Waals surface area contributed by atoms with E-state index in [1.807, 2.05) is 6.07 Å². The molecule has 0 bridgehead atoms. The largest absolute Gasteiger partial charge is 0.394 e. The van der Waals surface area contributed by atoms with E-state index in [4.69, 9.17) is 9.84 Å². The Morgan fingerprint density at radius 3 is 2.83 bits per heavy atom. The fourth-order valence-electron chi connectivity index (χ4n) is 0.825. The van der Waals surface area contributed by atoms with Crippen LogP contribution in [0.25, 0.3) is 0 Å². The predicted octanol–water partition coefficient (Wildman–Crippen LogP) is 2.06. The summed E-state index contributed by atoms with van der Waals surface area (Å²) in [5.41, 5.74) is 0. The molecule has 0 atom stereocenters. The van der Waals surface area contributed by atoms with E-state index < -0.39 is 0 Å². The van der Waals surface area contributed by atoms with Crippen LogP contribution in [0.15, 0.2) is 15.9 Å². The summed E-state index contributed by atoms with van der Waals surface area (Å²) in [5.74, 6) is 0. The maximum Gasteiger partial charge on any atom is 0.0701 e. The van der Waals surface area contributed by atoms with Gasteiger partial charge in [0.15, 0.2) is 0 Å². The van der Waals surface area contributed by atoms with Crippen molar-refractivity contribution in [2.75, 3.05) is 19.8 Å². The number of hydrogen-bond acceptors (Lipinski definition) is 3. The second-order valence-electron chi connectivity index (χ2n) is 2.29. The lowest BCUT2D eigenvalue weighted by atomic mass is 10.4. The zero-order valence-corrected chi connectivity index (χ0v) is 9.03. The van der Waals surface area contributed by atoms with Crippen LogP contribution >= 0.6 is 27.3 Å². The van der Waals surface area contributed by atoms with Crippen molar-refractivity contribution in [1.29, 1.82) is 0 Å². The van der Waals surface area contributed by atoms with E-state index in [1.54, 1.807) is 11.3 Å². The van der Waals surface area contributed by atoms with Crippen LogP contribution in [-0.4, -0.2) is 24.9 Å². The lowest BCUT2D eigenvalue weighted by Gasteiger charge is -1.98. The van der Waals surface area contributed by atoms with E-state index in [-0.39, 0.29) is 6.61 Å². The summed E-state index contributed by atoms with van der Waals surface area (Å²) in [5, 5.41) is 8.44. The fourth-order valence-corrected chi connectivity index (χ4v) is 2.29. The van der Waals surface area contributed by atoms with Crippen LogP contribution in [-0.2, 0) is 11.2 Å². The lowest BCUT2D eigenvalue weighted by Crippen LogP contribution is -2.02. The molecular weight excluding hydrogens is 240 g/mol. The number of aliphatic hydroxyl groups excluding tert-OH is 1. The Balaban J connectivity index is 2.15. The van der Waals surface area contributed by atoms with Gasteiger partial charge < -0.3 is 9.84 Å². The van der Waals surface area contributed by atoms with Crippen LogP contribution in [0, 0.1) is 0 Å². The second-order valence-corrected chi connectivity index (χ2v) is 4.84. The molecule has 0 aromatic carbocycles. The standard InChI is InChI=1S/C8H11BrO2S/c9-8-2-1-7(12-8)3-5-11-6-4-10/h1-2,10H,3-6H2. The number of thiophene rings is 1. The monoisotopic (exact) mass is 250 g/mol. The highest BCUT2D eigenvalue weighted by Crippen LogP contribution is 2.22. The molecule has 1 heterocycles. The van der Waals surface area contributed by atoms with Crippen LogP contribution < -0.4 is 0 Å². The number of hydrogen-bond donors (Lipinski definition) is 1. The van der Waals surface area contributed by atoms with Gasteiger partial charge >= 0.3 is 0 Å². The summed E-state index contributed by atoms with van der Waals surface area (Å²) < 4.78 is 6.29. The van der Waals surface area contributed by atoms with Crippen molar-refractivity contribution >= 4 is 27.3 Å². The van der Waals surface area contributed by atoms with E-state index >= 15 is 0 Å². The van der Waals surface area contributed by atoms with Gasteiger partial charge in [0.1, 0.15) is 0 Å². The zero-order valence-electron chi connectivity index (χ0n) is 6.62. The first-order valence-corrected chi connectivity index (χ1v) is 5.36. The van der Waals surface area contributed by atoms with E-state index in [2.05, 4.69) is 22.0 Å². The van der Waals surface area contributed by atoms with Crippen molar-refractivity contribution in [3.05, 3.63) is 20.8 Å². The SMILES string of the molecule is OCCOCCc1ccc(Br)s1. The first-order chi connectivity index (χ1) is 5.83. The van der Waals surface area contributed by atoms with E-state index in [9.17, 15) is 0 Å². The van der Waals surface area contributed by atoms with Gasteiger partial charge in [0.25, 0.3) is 0 Å². The van der Waals surface area contributed by atoms with Gasteiger partial charge in [-0.2, -0.15) is 0 Å². The first-order valence-electron chi connectivity index (χ1n) is 3.76. The Morgan fingerprint density at radius 2 is 2.25 bits per heavy atom. The van der Waals surface area contributed by atoms with Gasteiger partial charge in [-0.3, -0.25) is 0 Å². The molecule has 0 saturated heterocycles. The van der Waals surface area contributed by atoms with Gasteiger partial charge in [-0.15, -0.1) is 11.3 Å². The highest BCUT2D eigenvalue weighted by molar-refractivity contribution is 9.11. The summed E-state index contributed by atoms with van der Waals surface area (Å²) in [6.07, 6.45) is 0.927. The van der Waals surface area contributed by atoms with Crippen molar-refractivity contribution in [3.63, 3.8) is 0 Å². The van der Waals surface area contributed by atoms with Gasteiger partial charge in [-0.1, -0.05) is 0 Å². The van der Waals surface area contributed by atoms with Gasteiger partial charge in [0.05, 0.1) is 23.6 Å². The molecule has 0 fully saturated rings. The molecule has 0 radical (unpaired) electrons. The summed E-state index contributed by atoms with van der Waals surface area (Å²) in [7, 11) is 0. The number of aliphatic hydroxyl groups is 1. The second kappa shape index (κ2) is 5.70. The Morgan fingerprint density at radius 1 is 1.42 bits per heavy atom. The van der Waals surface area contributed by atoms with Crippen LogP contribution in [0.5, 0.6) is 0 Å². The highest BCUT2D eigenvalue weighted by Gasteiger charge is 1.96. The summed E-state index contributed by atoms with van der Waals surface area (Å²) in [6, 6.07) is 4.11. The Hall–Kier alpha value is 0.1000. The number of halogens is 1. The molecule has 0 amide bonds. The molecule has 0 unspecified atom stereocenters. The quantitative estimate of drug-likeness (QED) is 0.812. The molecule has 0 aliphatic rings. The first kappa shape index (κ1) is 10.2. The van der Waals surface area contributed by atoms with Crippen molar-refractivity contribution in [3.8, 4) is 0 Å². The van der Waals surface area contributed by atoms with Gasteiger partial charge in [-0.05, 0) is 28.1 Å².